The highest BCUT2D eigenvalue weighted by molar-refractivity contribution is 7.89. The molecule has 0 unspecified atom stereocenters. The molecule has 0 aliphatic carbocycles. The second-order valence-corrected chi connectivity index (χ2v) is 7.75. The monoisotopic (exact) mass is 392 g/mol. The topological polar surface area (TPSA) is 107 Å². The second kappa shape index (κ2) is 7.45. The van der Waals surface area contributed by atoms with Crippen molar-refractivity contribution in [2.24, 2.45) is 10.2 Å². The summed E-state index contributed by atoms with van der Waals surface area (Å²) in [5, 5.41) is 19.1. The maximum absolute atomic E-state index is 12.3. The molecule has 9 heteroatoms. The molecule has 0 amide bonds. The fraction of sp³-hybridized carbons (Fsp3) is 0.176. The summed E-state index contributed by atoms with van der Waals surface area (Å²) < 4.78 is 27.2. The molecule has 3 N–H and O–H groups in total. The minimum Gasteiger partial charge on any atom is -0.493 e. The largest absolute Gasteiger partial charge is 0.493 e. The van der Waals surface area contributed by atoms with Gasteiger partial charge in [0.15, 0.2) is 5.69 Å². The number of benzene rings is 2. The summed E-state index contributed by atoms with van der Waals surface area (Å²) in [5.74, 6) is -0.202. The number of sulfonamides is 1. The second-order valence-electron chi connectivity index (χ2n) is 5.58. The molecule has 7 nitrogen and oxygen atoms in total. The van der Waals surface area contributed by atoms with Crippen LogP contribution in [0.5, 0.6) is 5.88 Å². The maximum atomic E-state index is 12.3. The van der Waals surface area contributed by atoms with E-state index >= 15 is 0 Å². The fourth-order valence-corrected chi connectivity index (χ4v) is 3.70. The number of rotatable bonds is 6. The van der Waals surface area contributed by atoms with Crippen molar-refractivity contribution in [3.8, 4) is 5.88 Å². The van der Waals surface area contributed by atoms with E-state index in [0.717, 1.165) is 0 Å². The van der Waals surface area contributed by atoms with Gasteiger partial charge >= 0.3 is 0 Å². The van der Waals surface area contributed by atoms with E-state index in [0.29, 0.717) is 34.6 Å². The van der Waals surface area contributed by atoms with Gasteiger partial charge in [0.05, 0.1) is 15.4 Å². The third-order valence-corrected chi connectivity index (χ3v) is 5.46. The highest BCUT2D eigenvalue weighted by Crippen LogP contribution is 2.38. The standard InChI is InChI=1S/C17H17ClN4O3S/c1-2-9-19-26(24,25)11-7-8-14-12(10-11)16(17(23)20-14)22-21-15-6-4-3-5-13(15)18/h3-8,10,19-20,23H,2,9H2,1H3. The van der Waals surface area contributed by atoms with Gasteiger partial charge in [-0.2, -0.15) is 0 Å². The molecule has 26 heavy (non-hydrogen) atoms. The zero-order chi connectivity index (χ0) is 18.7. The van der Waals surface area contributed by atoms with Crippen LogP contribution in [0, 0.1) is 0 Å². The van der Waals surface area contributed by atoms with E-state index in [2.05, 4.69) is 19.9 Å². The third-order valence-electron chi connectivity index (χ3n) is 3.69. The van der Waals surface area contributed by atoms with E-state index in [-0.39, 0.29) is 16.5 Å². The lowest BCUT2D eigenvalue weighted by Gasteiger charge is -2.05. The van der Waals surface area contributed by atoms with E-state index in [1.165, 1.54) is 12.1 Å². The highest BCUT2D eigenvalue weighted by atomic mass is 35.5. The Morgan fingerprint density at radius 2 is 1.96 bits per heavy atom. The Balaban J connectivity index is 2.04. The third kappa shape index (κ3) is 3.72. The zero-order valence-corrected chi connectivity index (χ0v) is 15.5. The number of aromatic nitrogens is 1. The van der Waals surface area contributed by atoms with Crippen molar-refractivity contribution in [3.05, 3.63) is 47.5 Å². The Morgan fingerprint density at radius 3 is 2.69 bits per heavy atom. The van der Waals surface area contributed by atoms with Gasteiger partial charge in [-0.05, 0) is 36.8 Å². The van der Waals surface area contributed by atoms with Crippen LogP contribution in [0.4, 0.5) is 11.4 Å². The van der Waals surface area contributed by atoms with E-state index in [1.54, 1.807) is 30.3 Å². The number of halogens is 1. The Kier molecular flexibility index (Phi) is 5.26. The summed E-state index contributed by atoms with van der Waals surface area (Å²) in [6, 6.07) is 11.4. The molecule has 1 heterocycles. The quantitative estimate of drug-likeness (QED) is 0.532. The Morgan fingerprint density at radius 1 is 1.19 bits per heavy atom. The van der Waals surface area contributed by atoms with Crippen molar-refractivity contribution < 1.29 is 13.5 Å². The van der Waals surface area contributed by atoms with Crippen LogP contribution in [-0.4, -0.2) is 25.1 Å². The van der Waals surface area contributed by atoms with Gasteiger partial charge in [0, 0.05) is 11.9 Å². The van der Waals surface area contributed by atoms with Gasteiger partial charge in [-0.3, -0.25) is 0 Å². The van der Waals surface area contributed by atoms with E-state index in [1.807, 2.05) is 6.92 Å². The Labute approximate surface area is 155 Å². The Hall–Kier alpha value is -2.42. The highest BCUT2D eigenvalue weighted by Gasteiger charge is 2.17. The molecule has 0 atom stereocenters. The molecule has 0 saturated heterocycles. The molecule has 0 saturated carbocycles. The first-order valence-corrected chi connectivity index (χ1v) is 9.79. The van der Waals surface area contributed by atoms with Gasteiger partial charge in [0.1, 0.15) is 5.69 Å². The average molecular weight is 393 g/mol. The molecule has 0 aliphatic rings. The number of H-pyrrole nitrogens is 1. The molecule has 0 spiro atoms. The summed E-state index contributed by atoms with van der Waals surface area (Å²) in [6.07, 6.45) is 0.684. The fourth-order valence-electron chi connectivity index (χ4n) is 2.37. The van der Waals surface area contributed by atoms with Crippen LogP contribution >= 0.6 is 11.6 Å². The molecule has 0 fully saturated rings. The molecule has 3 aromatic rings. The maximum Gasteiger partial charge on any atom is 0.240 e. The Bertz CT molecular complexity index is 1080. The molecule has 136 valence electrons. The van der Waals surface area contributed by atoms with Crippen molar-refractivity contribution in [1.82, 2.24) is 9.71 Å². The lowest BCUT2D eigenvalue weighted by Crippen LogP contribution is -2.24. The smallest absolute Gasteiger partial charge is 0.240 e. The molecular weight excluding hydrogens is 376 g/mol. The molecule has 1 aromatic heterocycles. The molecule has 0 bridgehead atoms. The van der Waals surface area contributed by atoms with Crippen LogP contribution in [0.3, 0.4) is 0 Å². The van der Waals surface area contributed by atoms with Crippen LogP contribution in [0.1, 0.15) is 13.3 Å². The predicted octanol–water partition coefficient (Wildman–Crippen LogP) is 4.63. The number of nitrogens with one attached hydrogen (secondary N) is 2. The molecule has 0 aliphatic heterocycles. The van der Waals surface area contributed by atoms with Crippen molar-refractivity contribution >= 4 is 43.9 Å². The first kappa shape index (κ1) is 18.4. The SMILES string of the molecule is CCCNS(=O)(=O)c1ccc2[nH]c(O)c(N=Nc3ccccc3Cl)c2c1. The first-order valence-electron chi connectivity index (χ1n) is 7.93. The van der Waals surface area contributed by atoms with Crippen LogP contribution in [0.15, 0.2) is 57.6 Å². The molecular formula is C17H17ClN4O3S. The van der Waals surface area contributed by atoms with Crippen molar-refractivity contribution in [3.63, 3.8) is 0 Å². The summed E-state index contributed by atoms with van der Waals surface area (Å²) in [5.41, 5.74) is 1.13. The summed E-state index contributed by atoms with van der Waals surface area (Å²) in [7, 11) is -3.63. The van der Waals surface area contributed by atoms with Gasteiger partial charge < -0.3 is 10.1 Å². The number of nitrogens with zero attached hydrogens (tertiary/aromatic N) is 2. The number of hydrogen-bond donors (Lipinski definition) is 3. The van der Waals surface area contributed by atoms with E-state index in [4.69, 9.17) is 11.6 Å². The van der Waals surface area contributed by atoms with Crippen molar-refractivity contribution in [2.75, 3.05) is 6.54 Å². The number of fused-ring (bicyclic) bond motifs is 1. The van der Waals surface area contributed by atoms with Crippen LogP contribution in [0.25, 0.3) is 10.9 Å². The van der Waals surface area contributed by atoms with Gasteiger partial charge in [-0.25, -0.2) is 13.1 Å². The normalized spacial score (nSPS) is 12.2. The van der Waals surface area contributed by atoms with Crippen LogP contribution in [-0.2, 0) is 10.0 Å². The van der Waals surface area contributed by atoms with Crippen molar-refractivity contribution in [1.29, 1.82) is 0 Å². The van der Waals surface area contributed by atoms with Gasteiger partial charge in [-0.15, -0.1) is 10.2 Å². The lowest BCUT2D eigenvalue weighted by molar-refractivity contribution is 0.459. The predicted molar refractivity (Wildman–Crippen MR) is 101 cm³/mol. The number of aromatic amines is 1. The molecule has 2 aromatic carbocycles. The summed E-state index contributed by atoms with van der Waals surface area (Å²) >= 11 is 6.04. The lowest BCUT2D eigenvalue weighted by atomic mass is 10.2. The minimum absolute atomic E-state index is 0.0895. The molecule has 0 radical (unpaired) electrons. The van der Waals surface area contributed by atoms with Crippen LogP contribution < -0.4 is 4.72 Å². The van der Waals surface area contributed by atoms with Crippen LogP contribution in [0.2, 0.25) is 5.02 Å². The zero-order valence-electron chi connectivity index (χ0n) is 13.9. The van der Waals surface area contributed by atoms with Gasteiger partial charge in [0.25, 0.3) is 0 Å². The summed E-state index contributed by atoms with van der Waals surface area (Å²) in [4.78, 5) is 2.84. The summed E-state index contributed by atoms with van der Waals surface area (Å²) in [6.45, 7) is 2.22. The number of hydrogen-bond acceptors (Lipinski definition) is 5. The first-order chi connectivity index (χ1) is 12.4. The number of aromatic hydroxyl groups is 1. The van der Waals surface area contributed by atoms with Gasteiger partial charge in [-0.1, -0.05) is 30.7 Å². The number of azo groups is 1. The van der Waals surface area contributed by atoms with Gasteiger partial charge in [0.2, 0.25) is 15.9 Å². The molecule has 3 rings (SSSR count). The average Bonchev–Trinajstić information content (AvgIpc) is 2.94. The van der Waals surface area contributed by atoms with E-state index in [9.17, 15) is 13.5 Å². The van der Waals surface area contributed by atoms with E-state index < -0.39 is 10.0 Å². The van der Waals surface area contributed by atoms with Crippen molar-refractivity contribution in [2.45, 2.75) is 18.2 Å². The minimum atomic E-state index is -3.63.